The summed E-state index contributed by atoms with van der Waals surface area (Å²) >= 11 is 0. The van der Waals surface area contributed by atoms with Crippen LogP contribution in [0.5, 0.6) is 0 Å². The SMILES string of the molecule is CC1(C)c2ccccc2-c2cc(-c3nc4c(nc3-n3c5ccccc5c5cc6ccccc6cc53)C(C)(C)c3ccccc3-4)ccc21. The fraction of sp³-hybridized carbons (Fsp3) is 0.136. The Hall–Kier alpha value is -5.54. The van der Waals surface area contributed by atoms with Crippen LogP contribution in [-0.4, -0.2) is 14.5 Å². The van der Waals surface area contributed by atoms with Gasteiger partial charge in [-0.3, -0.25) is 4.57 Å². The van der Waals surface area contributed by atoms with Gasteiger partial charge in [-0.25, -0.2) is 9.97 Å². The second-order valence-electron chi connectivity index (χ2n) is 14.3. The molecule has 0 radical (unpaired) electrons. The first-order valence-corrected chi connectivity index (χ1v) is 16.5. The van der Waals surface area contributed by atoms with Crippen molar-refractivity contribution < 1.29 is 0 Å². The summed E-state index contributed by atoms with van der Waals surface area (Å²) in [5.41, 5.74) is 13.7. The smallest absolute Gasteiger partial charge is 0.164 e. The second kappa shape index (κ2) is 9.04. The van der Waals surface area contributed by atoms with Crippen LogP contribution >= 0.6 is 0 Å². The summed E-state index contributed by atoms with van der Waals surface area (Å²) in [6, 6.07) is 46.5. The Kier molecular flexibility index (Phi) is 5.13. The van der Waals surface area contributed by atoms with Crippen molar-refractivity contribution in [3.8, 4) is 39.5 Å². The van der Waals surface area contributed by atoms with Gasteiger partial charge in [-0.15, -0.1) is 0 Å². The van der Waals surface area contributed by atoms with Crippen LogP contribution in [0, 0.1) is 0 Å². The molecule has 47 heavy (non-hydrogen) atoms. The Labute approximate surface area is 274 Å². The molecule has 0 aliphatic heterocycles. The van der Waals surface area contributed by atoms with Gasteiger partial charge in [0.2, 0.25) is 0 Å². The molecule has 2 heterocycles. The van der Waals surface area contributed by atoms with E-state index in [0.717, 1.165) is 39.5 Å². The zero-order valence-corrected chi connectivity index (χ0v) is 27.0. The molecule has 0 saturated heterocycles. The number of benzene rings is 6. The monoisotopic (exact) mass is 603 g/mol. The lowest BCUT2D eigenvalue weighted by Gasteiger charge is -2.22. The highest BCUT2D eigenvalue weighted by atomic mass is 15.1. The van der Waals surface area contributed by atoms with E-state index >= 15 is 0 Å². The van der Waals surface area contributed by atoms with Crippen molar-refractivity contribution in [2.45, 2.75) is 38.5 Å². The Morgan fingerprint density at radius 3 is 1.91 bits per heavy atom. The molecule has 0 amide bonds. The number of para-hydroxylation sites is 1. The molecule has 8 aromatic rings. The van der Waals surface area contributed by atoms with Gasteiger partial charge in [-0.1, -0.05) is 131 Å². The predicted octanol–water partition coefficient (Wildman–Crippen LogP) is 11.0. The minimum absolute atomic E-state index is 0.0618. The van der Waals surface area contributed by atoms with Crippen LogP contribution in [0.15, 0.2) is 127 Å². The van der Waals surface area contributed by atoms with Gasteiger partial charge >= 0.3 is 0 Å². The van der Waals surface area contributed by atoms with Crippen molar-refractivity contribution in [2.75, 3.05) is 0 Å². The van der Waals surface area contributed by atoms with E-state index in [2.05, 4.69) is 160 Å². The lowest BCUT2D eigenvalue weighted by Crippen LogP contribution is -2.18. The maximum Gasteiger partial charge on any atom is 0.164 e. The first-order chi connectivity index (χ1) is 22.8. The minimum atomic E-state index is -0.279. The van der Waals surface area contributed by atoms with Gasteiger partial charge in [0.25, 0.3) is 0 Å². The number of aromatic nitrogens is 3. The highest BCUT2D eigenvalue weighted by Gasteiger charge is 2.40. The second-order valence-corrected chi connectivity index (χ2v) is 14.3. The first kappa shape index (κ1) is 26.7. The summed E-state index contributed by atoms with van der Waals surface area (Å²) in [7, 11) is 0. The molecule has 2 aromatic heterocycles. The van der Waals surface area contributed by atoms with E-state index in [1.54, 1.807) is 0 Å². The van der Waals surface area contributed by atoms with E-state index in [0.29, 0.717) is 0 Å². The molecule has 0 fully saturated rings. The van der Waals surface area contributed by atoms with Crippen molar-refractivity contribution in [1.29, 1.82) is 0 Å². The molecule has 0 unspecified atom stereocenters. The van der Waals surface area contributed by atoms with Gasteiger partial charge in [0.1, 0.15) is 5.69 Å². The third-order valence-electron chi connectivity index (χ3n) is 10.9. The molecule has 0 bridgehead atoms. The maximum atomic E-state index is 5.69. The molecular formula is C44H33N3. The van der Waals surface area contributed by atoms with Gasteiger partial charge in [0.05, 0.1) is 22.4 Å². The quantitative estimate of drug-likeness (QED) is 0.197. The highest BCUT2D eigenvalue weighted by Crippen LogP contribution is 2.51. The number of hydrogen-bond donors (Lipinski definition) is 0. The summed E-state index contributed by atoms with van der Waals surface area (Å²) in [6.45, 7) is 9.23. The fourth-order valence-corrected chi connectivity index (χ4v) is 8.51. The van der Waals surface area contributed by atoms with E-state index in [9.17, 15) is 0 Å². The summed E-state index contributed by atoms with van der Waals surface area (Å²) < 4.78 is 2.36. The van der Waals surface area contributed by atoms with Crippen molar-refractivity contribution in [2.24, 2.45) is 0 Å². The Morgan fingerprint density at radius 2 is 1.11 bits per heavy atom. The maximum absolute atomic E-state index is 5.69. The molecule has 224 valence electrons. The zero-order valence-electron chi connectivity index (χ0n) is 27.0. The van der Waals surface area contributed by atoms with Crippen molar-refractivity contribution in [3.05, 3.63) is 150 Å². The molecule has 3 nitrogen and oxygen atoms in total. The van der Waals surface area contributed by atoms with E-state index in [4.69, 9.17) is 9.97 Å². The van der Waals surface area contributed by atoms with Gasteiger partial charge in [0.15, 0.2) is 5.82 Å². The van der Waals surface area contributed by atoms with Crippen molar-refractivity contribution in [3.63, 3.8) is 0 Å². The van der Waals surface area contributed by atoms with Crippen LogP contribution in [0.4, 0.5) is 0 Å². The van der Waals surface area contributed by atoms with E-state index in [1.807, 2.05) is 0 Å². The van der Waals surface area contributed by atoms with Gasteiger partial charge < -0.3 is 0 Å². The average Bonchev–Trinajstić information content (AvgIpc) is 3.63. The third-order valence-corrected chi connectivity index (χ3v) is 10.9. The Balaban J connectivity index is 1.34. The molecular weight excluding hydrogens is 571 g/mol. The first-order valence-electron chi connectivity index (χ1n) is 16.5. The molecule has 6 aromatic carbocycles. The zero-order chi connectivity index (χ0) is 31.7. The van der Waals surface area contributed by atoms with Crippen molar-refractivity contribution in [1.82, 2.24) is 14.5 Å². The summed E-state index contributed by atoms with van der Waals surface area (Å²) in [5.74, 6) is 0.872. The van der Waals surface area contributed by atoms with E-state index < -0.39 is 0 Å². The summed E-state index contributed by atoms with van der Waals surface area (Å²) in [5, 5.41) is 4.89. The van der Waals surface area contributed by atoms with Crippen LogP contribution in [0.1, 0.15) is 50.1 Å². The number of fused-ring (bicyclic) bond motifs is 10. The lowest BCUT2D eigenvalue weighted by molar-refractivity contribution is 0.633. The lowest BCUT2D eigenvalue weighted by atomic mass is 9.82. The van der Waals surface area contributed by atoms with Crippen LogP contribution < -0.4 is 0 Å². The van der Waals surface area contributed by atoms with Gasteiger partial charge in [-0.05, 0) is 62.9 Å². The normalized spacial score (nSPS) is 15.1. The number of hydrogen-bond acceptors (Lipinski definition) is 2. The predicted molar refractivity (Wildman–Crippen MR) is 194 cm³/mol. The number of nitrogens with zero attached hydrogens (tertiary/aromatic N) is 3. The minimum Gasteiger partial charge on any atom is -0.292 e. The fourth-order valence-electron chi connectivity index (χ4n) is 8.51. The van der Waals surface area contributed by atoms with Crippen molar-refractivity contribution >= 4 is 32.6 Å². The van der Waals surface area contributed by atoms with Crippen LogP contribution in [-0.2, 0) is 10.8 Å². The molecule has 0 N–H and O–H groups in total. The average molecular weight is 604 g/mol. The van der Waals surface area contributed by atoms with E-state index in [1.165, 1.54) is 54.9 Å². The molecule has 10 rings (SSSR count). The third kappa shape index (κ3) is 3.46. The molecule has 2 aliphatic rings. The molecule has 3 heteroatoms. The van der Waals surface area contributed by atoms with Gasteiger partial charge in [-0.2, -0.15) is 0 Å². The molecule has 0 spiro atoms. The summed E-state index contributed by atoms with van der Waals surface area (Å²) in [4.78, 5) is 11.3. The largest absolute Gasteiger partial charge is 0.292 e. The van der Waals surface area contributed by atoms with Crippen LogP contribution in [0.2, 0.25) is 0 Å². The molecule has 0 atom stereocenters. The molecule has 2 aliphatic carbocycles. The standard InChI is InChI=1S/C44H33N3/c1-43(2)34-18-10-7-15-29(34)32-24-28(21-22-36(32)43)39-42(46-41-40(45-39)31-17-8-11-19-35(31)44(41,3)4)47-37-20-12-9-16-30(37)33-23-26-13-5-6-14-27(26)25-38(33)47/h5-25H,1-4H3. The number of rotatable bonds is 2. The Bertz CT molecular complexity index is 2640. The summed E-state index contributed by atoms with van der Waals surface area (Å²) in [6.07, 6.45) is 0. The van der Waals surface area contributed by atoms with Crippen LogP contribution in [0.3, 0.4) is 0 Å². The van der Waals surface area contributed by atoms with E-state index in [-0.39, 0.29) is 10.8 Å². The van der Waals surface area contributed by atoms with Crippen LogP contribution in [0.25, 0.3) is 72.0 Å². The van der Waals surface area contributed by atoms with Gasteiger partial charge in [0, 0.05) is 32.7 Å². The molecule has 0 saturated carbocycles. The highest BCUT2D eigenvalue weighted by molar-refractivity contribution is 6.13. The topological polar surface area (TPSA) is 30.7 Å². The Morgan fingerprint density at radius 1 is 0.468 bits per heavy atom.